The Morgan fingerprint density at radius 1 is 0.293 bits per heavy atom. The lowest BCUT2D eigenvalue weighted by atomic mass is 9.92. The summed E-state index contributed by atoms with van der Waals surface area (Å²) in [5, 5.41) is 7.56. The number of para-hydroxylation sites is 1. The van der Waals surface area contributed by atoms with Crippen molar-refractivity contribution in [3.63, 3.8) is 0 Å². The van der Waals surface area contributed by atoms with Crippen LogP contribution in [0.5, 0.6) is 0 Å². The molecule has 1 heterocycles. The highest BCUT2D eigenvalue weighted by Gasteiger charge is 2.19. The lowest BCUT2D eigenvalue weighted by Crippen LogP contribution is -2.10. The van der Waals surface area contributed by atoms with E-state index in [1.807, 2.05) is 0 Å². The van der Waals surface area contributed by atoms with E-state index in [1.165, 1.54) is 76.7 Å². The summed E-state index contributed by atoms with van der Waals surface area (Å²) in [7, 11) is 0. The van der Waals surface area contributed by atoms with Gasteiger partial charge in [0.05, 0.1) is 11.0 Å². The molecule has 0 radical (unpaired) electrons. The van der Waals surface area contributed by atoms with E-state index < -0.39 is 0 Å². The first-order valence-corrected chi connectivity index (χ1v) is 19.9. The van der Waals surface area contributed by atoms with Gasteiger partial charge in [0.25, 0.3) is 0 Å². The summed E-state index contributed by atoms with van der Waals surface area (Å²) in [6.07, 6.45) is 0. The van der Waals surface area contributed by atoms with Gasteiger partial charge in [-0.2, -0.15) is 0 Å². The van der Waals surface area contributed by atoms with Gasteiger partial charge in [0, 0.05) is 33.5 Å². The summed E-state index contributed by atoms with van der Waals surface area (Å²) >= 11 is 0. The molecule has 0 spiro atoms. The normalized spacial score (nSPS) is 11.4. The molecule has 58 heavy (non-hydrogen) atoms. The molecule has 0 fully saturated rings. The zero-order chi connectivity index (χ0) is 38.4. The van der Waals surface area contributed by atoms with Gasteiger partial charge in [0.15, 0.2) is 0 Å². The number of hydrogen-bond donors (Lipinski definition) is 0. The van der Waals surface area contributed by atoms with Crippen LogP contribution < -0.4 is 4.90 Å². The molecule has 0 bridgehead atoms. The fraction of sp³-hybridized carbons (Fsp3) is 0. The molecule has 0 unspecified atom stereocenters. The Morgan fingerprint density at radius 2 is 0.845 bits per heavy atom. The molecule has 0 amide bonds. The molecule has 0 saturated heterocycles. The van der Waals surface area contributed by atoms with Gasteiger partial charge in [-0.3, -0.25) is 0 Å². The van der Waals surface area contributed by atoms with Gasteiger partial charge in [-0.15, -0.1) is 0 Å². The lowest BCUT2D eigenvalue weighted by Gasteiger charge is -2.27. The number of rotatable bonds is 7. The maximum Gasteiger partial charge on any atom is 0.0547 e. The monoisotopic (exact) mass is 738 g/mol. The maximum atomic E-state index is 2.41. The molecule has 11 rings (SSSR count). The Balaban J connectivity index is 1.07. The van der Waals surface area contributed by atoms with Crippen LogP contribution in [0.2, 0.25) is 0 Å². The number of hydrogen-bond acceptors (Lipinski definition) is 1. The average molecular weight is 739 g/mol. The van der Waals surface area contributed by atoms with Crippen LogP contribution in [-0.4, -0.2) is 4.57 Å². The van der Waals surface area contributed by atoms with Gasteiger partial charge in [-0.1, -0.05) is 164 Å². The fourth-order valence-electron chi connectivity index (χ4n) is 8.79. The first-order valence-electron chi connectivity index (χ1n) is 19.9. The van der Waals surface area contributed by atoms with Crippen molar-refractivity contribution in [3.8, 4) is 39.1 Å². The van der Waals surface area contributed by atoms with E-state index in [9.17, 15) is 0 Å². The van der Waals surface area contributed by atoms with Crippen LogP contribution in [0, 0.1) is 0 Å². The van der Waals surface area contributed by atoms with E-state index in [2.05, 4.69) is 240 Å². The second-order valence-corrected chi connectivity index (χ2v) is 15.0. The van der Waals surface area contributed by atoms with Crippen LogP contribution in [0.4, 0.5) is 17.1 Å². The number of nitrogens with zero attached hydrogens (tertiary/aromatic N) is 2. The molecular formula is C56H38N2. The quantitative estimate of drug-likeness (QED) is 0.158. The van der Waals surface area contributed by atoms with Crippen molar-refractivity contribution in [3.05, 3.63) is 231 Å². The third-order valence-electron chi connectivity index (χ3n) is 11.6. The highest BCUT2D eigenvalue weighted by Crippen LogP contribution is 2.43. The van der Waals surface area contributed by atoms with Gasteiger partial charge >= 0.3 is 0 Å². The van der Waals surface area contributed by atoms with Gasteiger partial charge in [-0.25, -0.2) is 0 Å². The first kappa shape index (κ1) is 33.6. The molecule has 0 aliphatic heterocycles. The molecule has 272 valence electrons. The molecule has 0 aliphatic carbocycles. The summed E-state index contributed by atoms with van der Waals surface area (Å²) in [5.74, 6) is 0. The van der Waals surface area contributed by atoms with Crippen molar-refractivity contribution in [1.29, 1.82) is 0 Å². The van der Waals surface area contributed by atoms with Gasteiger partial charge in [0.2, 0.25) is 0 Å². The lowest BCUT2D eigenvalue weighted by molar-refractivity contribution is 1.17. The van der Waals surface area contributed by atoms with Crippen molar-refractivity contribution in [1.82, 2.24) is 4.57 Å². The SMILES string of the molecule is c1ccc(-c2ccc(N(c3ccc(-n4c5ccccc5c5c6ccccc6ccc54)cc3)c3ccc(-c4ccc5ccccc5c4)c(-c4ccccc4)c3)cc2)cc1. The Hall–Kier alpha value is -7.68. The van der Waals surface area contributed by atoms with Crippen molar-refractivity contribution >= 4 is 60.4 Å². The minimum atomic E-state index is 1.08. The van der Waals surface area contributed by atoms with E-state index in [4.69, 9.17) is 0 Å². The minimum Gasteiger partial charge on any atom is -0.310 e. The number of fused-ring (bicyclic) bond motifs is 6. The van der Waals surface area contributed by atoms with Crippen LogP contribution in [0.1, 0.15) is 0 Å². The average Bonchev–Trinajstić information content (AvgIpc) is 3.65. The second-order valence-electron chi connectivity index (χ2n) is 15.0. The topological polar surface area (TPSA) is 8.17 Å². The summed E-state index contributed by atoms with van der Waals surface area (Å²) in [4.78, 5) is 2.38. The molecule has 0 aliphatic rings. The Labute approximate surface area is 338 Å². The van der Waals surface area contributed by atoms with Crippen LogP contribution in [0.25, 0.3) is 82.4 Å². The van der Waals surface area contributed by atoms with E-state index >= 15 is 0 Å². The number of aromatic nitrogens is 1. The largest absolute Gasteiger partial charge is 0.310 e. The molecule has 0 N–H and O–H groups in total. The third kappa shape index (κ3) is 5.82. The number of anilines is 3. The van der Waals surface area contributed by atoms with Crippen LogP contribution in [0.3, 0.4) is 0 Å². The predicted molar refractivity (Wildman–Crippen MR) is 247 cm³/mol. The van der Waals surface area contributed by atoms with E-state index in [1.54, 1.807) is 0 Å². The van der Waals surface area contributed by atoms with Crippen molar-refractivity contribution in [2.45, 2.75) is 0 Å². The van der Waals surface area contributed by atoms with Crippen LogP contribution >= 0.6 is 0 Å². The molecule has 10 aromatic carbocycles. The zero-order valence-electron chi connectivity index (χ0n) is 31.8. The van der Waals surface area contributed by atoms with E-state index in [-0.39, 0.29) is 0 Å². The van der Waals surface area contributed by atoms with Crippen molar-refractivity contribution in [2.24, 2.45) is 0 Å². The van der Waals surface area contributed by atoms with Crippen molar-refractivity contribution < 1.29 is 0 Å². The molecular weight excluding hydrogens is 701 g/mol. The molecule has 2 heteroatoms. The highest BCUT2D eigenvalue weighted by atomic mass is 15.1. The van der Waals surface area contributed by atoms with Gasteiger partial charge < -0.3 is 9.47 Å². The summed E-state index contributed by atoms with van der Waals surface area (Å²) in [5.41, 5.74) is 14.0. The summed E-state index contributed by atoms with van der Waals surface area (Å²) in [6, 6.07) is 83.7. The van der Waals surface area contributed by atoms with Gasteiger partial charge in [0.1, 0.15) is 0 Å². The Morgan fingerprint density at radius 3 is 1.60 bits per heavy atom. The second kappa shape index (κ2) is 14.1. The Bertz CT molecular complexity index is 3250. The smallest absolute Gasteiger partial charge is 0.0547 e. The summed E-state index contributed by atoms with van der Waals surface area (Å²) in [6.45, 7) is 0. The van der Waals surface area contributed by atoms with Crippen LogP contribution in [-0.2, 0) is 0 Å². The molecule has 0 atom stereocenters. The van der Waals surface area contributed by atoms with E-state index in [0.29, 0.717) is 0 Å². The fourth-order valence-corrected chi connectivity index (χ4v) is 8.79. The van der Waals surface area contributed by atoms with E-state index in [0.717, 1.165) is 22.7 Å². The summed E-state index contributed by atoms with van der Waals surface area (Å²) < 4.78 is 2.41. The van der Waals surface area contributed by atoms with Gasteiger partial charge in [-0.05, 0) is 122 Å². The predicted octanol–water partition coefficient (Wildman–Crippen LogP) is 15.6. The molecule has 0 saturated carbocycles. The minimum absolute atomic E-state index is 1.08. The highest BCUT2D eigenvalue weighted by molar-refractivity contribution is 6.21. The Kier molecular flexibility index (Phi) is 8.19. The molecule has 11 aromatic rings. The van der Waals surface area contributed by atoms with Crippen molar-refractivity contribution in [2.75, 3.05) is 4.90 Å². The van der Waals surface area contributed by atoms with Crippen LogP contribution in [0.15, 0.2) is 231 Å². The zero-order valence-corrected chi connectivity index (χ0v) is 31.8. The first-order chi connectivity index (χ1) is 28.8. The molecule has 1 aromatic heterocycles. The number of benzene rings is 10. The maximum absolute atomic E-state index is 2.41. The standard InChI is InChI=1S/C56H38N2/c1-3-13-39(14-4-1)41-25-28-46(29-26-41)57(49-34-35-50(53(38-49)42-16-5-2-6-17-42)45-24-23-40-15-7-8-19-44(40)37-45)47-30-32-48(33-31-47)58-54-22-12-11-21-52(54)56-51-20-10-9-18-43(51)27-36-55(56)58/h1-38H. The molecule has 2 nitrogen and oxygen atoms in total. The third-order valence-corrected chi connectivity index (χ3v) is 11.6.